The van der Waals surface area contributed by atoms with Crippen molar-refractivity contribution in [2.45, 2.75) is 12.1 Å². The van der Waals surface area contributed by atoms with Crippen molar-refractivity contribution < 1.29 is 23.8 Å². The van der Waals surface area contributed by atoms with Crippen LogP contribution in [0.2, 0.25) is 0 Å². The minimum absolute atomic E-state index is 0.0206. The molecule has 0 aromatic carbocycles. The molecule has 0 aromatic heterocycles. The summed E-state index contributed by atoms with van der Waals surface area (Å²) in [5.74, 6) is -2.97. The Hall–Kier alpha value is -2.47. The molecule has 0 aliphatic carbocycles. The summed E-state index contributed by atoms with van der Waals surface area (Å²) >= 11 is 0. The molecule has 1 heterocycles. The lowest BCUT2D eigenvalue weighted by Gasteiger charge is -2.50. The molecule has 0 radical (unpaired) electrons. The van der Waals surface area contributed by atoms with Crippen LogP contribution in [0.1, 0.15) is 0 Å². The van der Waals surface area contributed by atoms with Gasteiger partial charge in [-0.1, -0.05) is 13.2 Å². The third kappa shape index (κ3) is 4.29. The third-order valence-corrected chi connectivity index (χ3v) is 3.19. The Balaban J connectivity index is 3.12. The van der Waals surface area contributed by atoms with E-state index in [0.717, 1.165) is 12.2 Å². The van der Waals surface area contributed by atoms with Crippen LogP contribution in [0.25, 0.3) is 0 Å². The second-order valence-electron chi connectivity index (χ2n) is 4.70. The van der Waals surface area contributed by atoms with Gasteiger partial charge in [-0.2, -0.15) is 4.90 Å². The minimum Gasteiger partial charge on any atom is -0.457 e. The van der Waals surface area contributed by atoms with Crippen LogP contribution >= 0.6 is 0 Å². The summed E-state index contributed by atoms with van der Waals surface area (Å²) < 4.78 is 15.0. The van der Waals surface area contributed by atoms with Crippen LogP contribution in [0.4, 0.5) is 0 Å². The molecule has 11 heteroatoms. The Morgan fingerprint density at radius 2 is 1.88 bits per heavy atom. The van der Waals surface area contributed by atoms with E-state index in [1.54, 1.807) is 0 Å². The van der Waals surface area contributed by atoms with Crippen molar-refractivity contribution in [1.82, 2.24) is 9.80 Å². The van der Waals surface area contributed by atoms with Crippen LogP contribution in [-0.4, -0.2) is 67.0 Å². The van der Waals surface area contributed by atoms with Gasteiger partial charge in [-0.05, 0) is 0 Å². The molecule has 0 spiro atoms. The Kier molecular flexibility index (Phi) is 6.85. The highest BCUT2D eigenvalue weighted by Gasteiger charge is 2.47. The molecule has 1 aliphatic rings. The molecule has 0 bridgehead atoms. The average molecular weight is 342 g/mol. The summed E-state index contributed by atoms with van der Waals surface area (Å²) in [7, 11) is 1.42. The maximum atomic E-state index is 11.4. The first-order valence-corrected chi connectivity index (χ1v) is 6.79. The smallest absolute Gasteiger partial charge is 0.331 e. The molecule has 0 aromatic rings. The maximum Gasteiger partial charge on any atom is 0.331 e. The largest absolute Gasteiger partial charge is 0.457 e. The number of aliphatic imine (C=N–C) groups is 1. The van der Waals surface area contributed by atoms with Crippen LogP contribution in [0.15, 0.2) is 30.3 Å². The highest BCUT2D eigenvalue weighted by atomic mass is 16.6. The monoisotopic (exact) mass is 342 g/mol. The standard InChI is InChI=1S/C13H22N6O5/c1-4-9(20)23-6-13(16)18(7-22-3)11(14)17-12(15)19(13)8-24-10(21)5-2/h4-5,12H,1-2,6-8,15-16H2,3H3,(H2,14,17). The number of methoxy groups -OCH3 is 1. The van der Waals surface area contributed by atoms with E-state index in [1.165, 1.54) is 16.9 Å². The van der Waals surface area contributed by atoms with Gasteiger partial charge >= 0.3 is 11.9 Å². The lowest BCUT2D eigenvalue weighted by atomic mass is 10.2. The molecule has 0 saturated heterocycles. The normalized spacial score (nSPS) is 24.0. The van der Waals surface area contributed by atoms with Gasteiger partial charge in [-0.15, -0.1) is 0 Å². The molecule has 0 fully saturated rings. The second kappa shape index (κ2) is 8.40. The van der Waals surface area contributed by atoms with Crippen molar-refractivity contribution in [3.63, 3.8) is 0 Å². The number of nitrogens with two attached hydrogens (primary N) is 3. The summed E-state index contributed by atoms with van der Waals surface area (Å²) in [4.78, 5) is 29.3. The quantitative estimate of drug-likeness (QED) is 0.326. The summed E-state index contributed by atoms with van der Waals surface area (Å²) in [6, 6.07) is 0. The number of carbonyl (C=O) groups is 2. The van der Waals surface area contributed by atoms with Gasteiger partial charge in [0, 0.05) is 19.3 Å². The first-order valence-electron chi connectivity index (χ1n) is 6.79. The molecule has 0 amide bonds. The van der Waals surface area contributed by atoms with Crippen LogP contribution in [0.5, 0.6) is 0 Å². The van der Waals surface area contributed by atoms with Gasteiger partial charge in [0.15, 0.2) is 24.8 Å². The summed E-state index contributed by atoms with van der Waals surface area (Å²) in [5.41, 5.74) is 18.1. The van der Waals surface area contributed by atoms with E-state index < -0.39 is 24.0 Å². The Labute approximate surface area is 139 Å². The third-order valence-electron chi connectivity index (χ3n) is 3.19. The van der Waals surface area contributed by atoms with Gasteiger partial charge in [0.1, 0.15) is 13.3 Å². The molecule has 0 saturated carbocycles. The molecule has 2 atom stereocenters. The first-order chi connectivity index (χ1) is 11.3. The van der Waals surface area contributed by atoms with Crippen LogP contribution < -0.4 is 17.2 Å². The fraction of sp³-hybridized carbons (Fsp3) is 0.462. The van der Waals surface area contributed by atoms with E-state index in [9.17, 15) is 9.59 Å². The van der Waals surface area contributed by atoms with Crippen molar-refractivity contribution in [3.8, 4) is 0 Å². The predicted octanol–water partition coefficient (Wildman–Crippen LogP) is -2.21. The Bertz CT molecular complexity index is 539. The van der Waals surface area contributed by atoms with Crippen molar-refractivity contribution in [3.05, 3.63) is 25.3 Å². The molecule has 2 unspecified atom stereocenters. The first kappa shape index (κ1) is 19.6. The van der Waals surface area contributed by atoms with E-state index in [4.69, 9.17) is 31.4 Å². The summed E-state index contributed by atoms with van der Waals surface area (Å²) in [6.07, 6.45) is 0.922. The number of carbonyl (C=O) groups excluding carboxylic acids is 2. The second-order valence-corrected chi connectivity index (χ2v) is 4.70. The zero-order valence-electron chi connectivity index (χ0n) is 13.4. The number of guanidine groups is 1. The highest BCUT2D eigenvalue weighted by molar-refractivity contribution is 5.82. The van der Waals surface area contributed by atoms with E-state index in [0.29, 0.717) is 0 Å². The number of hydrogen-bond acceptors (Lipinski definition) is 11. The van der Waals surface area contributed by atoms with Crippen LogP contribution in [0.3, 0.4) is 0 Å². The van der Waals surface area contributed by atoms with Crippen molar-refractivity contribution in [1.29, 1.82) is 0 Å². The molecule has 1 aliphatic heterocycles. The SMILES string of the molecule is C=CC(=O)OCN1C(N)N=C(N)N(COC)C1(N)COC(=O)C=C. The molecule has 134 valence electrons. The van der Waals surface area contributed by atoms with E-state index in [2.05, 4.69) is 18.2 Å². The molecule has 6 N–H and O–H groups in total. The molecule has 24 heavy (non-hydrogen) atoms. The number of nitrogens with zero attached hydrogens (tertiary/aromatic N) is 3. The summed E-state index contributed by atoms with van der Waals surface area (Å²) in [6.45, 7) is 5.81. The van der Waals surface area contributed by atoms with Gasteiger partial charge in [0.2, 0.25) is 0 Å². The number of ether oxygens (including phenoxy) is 3. The molecular formula is C13H22N6O5. The van der Waals surface area contributed by atoms with Gasteiger partial charge in [0.05, 0.1) is 0 Å². The lowest BCUT2D eigenvalue weighted by Crippen LogP contribution is -2.77. The zero-order chi connectivity index (χ0) is 18.3. The van der Waals surface area contributed by atoms with Gasteiger partial charge in [0.25, 0.3) is 0 Å². The highest BCUT2D eigenvalue weighted by Crippen LogP contribution is 2.22. The maximum absolute atomic E-state index is 11.4. The van der Waals surface area contributed by atoms with Crippen LogP contribution in [0, 0.1) is 0 Å². The minimum atomic E-state index is -1.57. The zero-order valence-corrected chi connectivity index (χ0v) is 13.4. The molecular weight excluding hydrogens is 320 g/mol. The fourth-order valence-corrected chi connectivity index (χ4v) is 1.94. The Morgan fingerprint density at radius 3 is 2.42 bits per heavy atom. The number of hydrogen-bond donors (Lipinski definition) is 3. The van der Waals surface area contributed by atoms with Crippen LogP contribution in [-0.2, 0) is 23.8 Å². The summed E-state index contributed by atoms with van der Waals surface area (Å²) in [5, 5.41) is 0. The predicted molar refractivity (Wildman–Crippen MR) is 84.4 cm³/mol. The van der Waals surface area contributed by atoms with Gasteiger partial charge in [-0.3, -0.25) is 16.4 Å². The lowest BCUT2D eigenvalue weighted by molar-refractivity contribution is -0.179. The Morgan fingerprint density at radius 1 is 1.29 bits per heavy atom. The van der Waals surface area contributed by atoms with Gasteiger partial charge in [-0.25, -0.2) is 14.6 Å². The van der Waals surface area contributed by atoms with E-state index in [1.807, 2.05) is 0 Å². The molecule has 1 rings (SSSR count). The average Bonchev–Trinajstić information content (AvgIpc) is 2.55. The van der Waals surface area contributed by atoms with E-state index in [-0.39, 0.29) is 26.0 Å². The number of rotatable bonds is 8. The fourth-order valence-electron chi connectivity index (χ4n) is 1.94. The van der Waals surface area contributed by atoms with Gasteiger partial charge < -0.3 is 19.9 Å². The molecule has 11 nitrogen and oxygen atoms in total. The number of esters is 2. The van der Waals surface area contributed by atoms with Crippen molar-refractivity contribution in [2.75, 3.05) is 27.2 Å². The van der Waals surface area contributed by atoms with E-state index >= 15 is 0 Å². The topological polar surface area (TPSA) is 159 Å². The van der Waals surface area contributed by atoms with Crippen molar-refractivity contribution in [2.24, 2.45) is 22.2 Å². The van der Waals surface area contributed by atoms with Crippen molar-refractivity contribution >= 4 is 17.9 Å².